The van der Waals surface area contributed by atoms with Gasteiger partial charge in [0.05, 0.1) is 16.7 Å². The third kappa shape index (κ3) is 4.64. The molecule has 0 aliphatic rings. The monoisotopic (exact) mass is 525 g/mol. The van der Waals surface area contributed by atoms with E-state index in [9.17, 15) is 2.74 Å². The van der Waals surface area contributed by atoms with E-state index in [2.05, 4.69) is 16.7 Å². The van der Waals surface area contributed by atoms with Crippen molar-refractivity contribution in [2.75, 3.05) is 0 Å². The molecule has 0 bridgehead atoms. The minimum atomic E-state index is -2.30. The van der Waals surface area contributed by atoms with Gasteiger partial charge in [-0.1, -0.05) is 113 Å². The van der Waals surface area contributed by atoms with Crippen LogP contribution in [0.4, 0.5) is 0 Å². The molecule has 2 heteroatoms. The fraction of sp³-hybridized carbons (Fsp3) is 0.184. The normalized spacial score (nSPS) is 14.2. The van der Waals surface area contributed by atoms with Gasteiger partial charge in [-0.2, -0.15) is 0 Å². The Morgan fingerprint density at radius 2 is 1.23 bits per heavy atom. The summed E-state index contributed by atoms with van der Waals surface area (Å²) in [5.74, 6) is -1.43. The molecule has 0 aliphatic heterocycles. The molecule has 5 aromatic carbocycles. The number of nitrogens with zero attached hydrogens (tertiary/aromatic N) is 2. The van der Waals surface area contributed by atoms with E-state index >= 15 is 0 Å². The summed E-state index contributed by atoms with van der Waals surface area (Å²) in [6, 6.07) is 37.0. The van der Waals surface area contributed by atoms with E-state index < -0.39 is 18.6 Å². The van der Waals surface area contributed by atoms with Gasteiger partial charge in [-0.05, 0) is 87.9 Å². The van der Waals surface area contributed by atoms with Gasteiger partial charge in [-0.3, -0.25) is 4.57 Å². The molecular formula is C38H36N2. The van der Waals surface area contributed by atoms with Crippen molar-refractivity contribution in [3.05, 3.63) is 132 Å². The summed E-state index contributed by atoms with van der Waals surface area (Å²) in [5.41, 5.74) is 8.31. The molecule has 198 valence electrons. The molecule has 0 atom stereocenters. The van der Waals surface area contributed by atoms with Crippen LogP contribution in [0.1, 0.15) is 63.0 Å². The molecular weight excluding hydrogens is 484 g/mol. The van der Waals surface area contributed by atoms with E-state index in [1.54, 1.807) is 6.07 Å². The fourth-order valence-electron chi connectivity index (χ4n) is 5.42. The zero-order chi connectivity index (χ0) is 32.1. The predicted molar refractivity (Wildman–Crippen MR) is 170 cm³/mol. The zero-order valence-corrected chi connectivity index (χ0v) is 23.4. The van der Waals surface area contributed by atoms with Crippen LogP contribution >= 0.6 is 0 Å². The number of fused-ring (bicyclic) bond motifs is 1. The smallest absolute Gasteiger partial charge is 0.145 e. The Kier molecular flexibility index (Phi) is 5.43. The van der Waals surface area contributed by atoms with Crippen LogP contribution in [0.2, 0.25) is 0 Å². The van der Waals surface area contributed by atoms with Gasteiger partial charge in [-0.15, -0.1) is 0 Å². The van der Waals surface area contributed by atoms with Crippen molar-refractivity contribution in [1.29, 1.82) is 0 Å². The Hall–Kier alpha value is -4.43. The fourth-order valence-corrected chi connectivity index (χ4v) is 5.42. The van der Waals surface area contributed by atoms with Crippen LogP contribution in [-0.4, -0.2) is 9.55 Å². The average molecular weight is 526 g/mol. The van der Waals surface area contributed by atoms with Gasteiger partial charge in [0.15, 0.2) is 0 Å². The molecule has 0 N–H and O–H groups in total. The summed E-state index contributed by atoms with van der Waals surface area (Å²) in [6.07, 6.45) is 0. The second-order valence-corrected chi connectivity index (χ2v) is 10.7. The molecule has 1 heterocycles. The van der Waals surface area contributed by atoms with Crippen LogP contribution in [0.5, 0.6) is 0 Å². The van der Waals surface area contributed by atoms with Crippen molar-refractivity contribution in [2.24, 2.45) is 0 Å². The number of hydrogen-bond donors (Lipinski definition) is 0. The molecule has 6 aromatic rings. The molecule has 0 radical (unpaired) electrons. The maximum Gasteiger partial charge on any atom is 0.145 e. The molecule has 0 unspecified atom stereocenters. The molecule has 0 saturated carbocycles. The highest BCUT2D eigenvalue weighted by Gasteiger charge is 2.23. The number of aryl methyl sites for hydroxylation is 1. The third-order valence-corrected chi connectivity index (χ3v) is 7.44. The maximum absolute atomic E-state index is 9.35. The first-order valence-electron chi connectivity index (χ1n) is 16.2. The lowest BCUT2D eigenvalue weighted by Gasteiger charge is -2.24. The van der Waals surface area contributed by atoms with E-state index in [0.717, 1.165) is 50.1 Å². The minimum Gasteiger partial charge on any atom is -0.292 e. The molecule has 40 heavy (non-hydrogen) atoms. The Bertz CT molecular complexity index is 1960. The number of para-hydroxylation sites is 2. The topological polar surface area (TPSA) is 17.8 Å². The zero-order valence-electron chi connectivity index (χ0n) is 28.4. The van der Waals surface area contributed by atoms with Crippen molar-refractivity contribution < 1.29 is 6.85 Å². The van der Waals surface area contributed by atoms with Crippen LogP contribution in [-0.2, 0) is 0 Å². The molecule has 0 saturated heterocycles. The molecule has 0 amide bonds. The number of aromatic nitrogens is 2. The summed E-state index contributed by atoms with van der Waals surface area (Å²) < 4.78 is 45.5. The number of rotatable bonds is 6. The lowest BCUT2D eigenvalue weighted by atomic mass is 9.88. The first kappa shape index (κ1) is 20.5. The number of imidazole rings is 1. The Morgan fingerprint density at radius 1 is 0.625 bits per heavy atom. The van der Waals surface area contributed by atoms with E-state index in [1.807, 2.05) is 125 Å². The van der Waals surface area contributed by atoms with Crippen molar-refractivity contribution in [3.8, 4) is 39.3 Å². The highest BCUT2D eigenvalue weighted by molar-refractivity contribution is 5.86. The predicted octanol–water partition coefficient (Wildman–Crippen LogP) is 10.6. The summed E-state index contributed by atoms with van der Waals surface area (Å²) in [7, 11) is 0. The van der Waals surface area contributed by atoms with Crippen molar-refractivity contribution in [2.45, 2.75) is 46.3 Å². The lowest BCUT2D eigenvalue weighted by Crippen LogP contribution is -2.09. The number of hydrogen-bond acceptors (Lipinski definition) is 1. The number of benzene rings is 5. The highest BCUT2D eigenvalue weighted by atomic mass is 15.1. The summed E-state index contributed by atoms with van der Waals surface area (Å²) in [6.45, 7) is 5.19. The molecule has 0 fully saturated rings. The molecule has 1 aromatic heterocycles. The van der Waals surface area contributed by atoms with Crippen molar-refractivity contribution >= 4 is 11.0 Å². The van der Waals surface area contributed by atoms with E-state index in [0.29, 0.717) is 11.4 Å². The first-order chi connectivity index (χ1) is 21.2. The van der Waals surface area contributed by atoms with Gasteiger partial charge in [0.25, 0.3) is 0 Å². The van der Waals surface area contributed by atoms with Crippen LogP contribution in [0, 0.1) is 6.85 Å². The van der Waals surface area contributed by atoms with E-state index in [-0.39, 0.29) is 5.56 Å². The second-order valence-electron chi connectivity index (χ2n) is 10.7. The summed E-state index contributed by atoms with van der Waals surface area (Å²) in [4.78, 5) is 5.11. The maximum atomic E-state index is 9.35. The standard InChI is InChI=1S/C38H36N2/c1-25(2)32-23-31(28-14-8-6-9-15-28)24-33(26(3)4)37(32)40-36-19-13-12-18-35(36)39-38(40)30-21-20-27(5)34(22-30)29-16-10-7-11-17-29/h6-26H,1-5H3/i5D3,25D,26D. The first-order valence-corrected chi connectivity index (χ1v) is 13.7. The van der Waals surface area contributed by atoms with Crippen LogP contribution in [0.3, 0.4) is 0 Å². The van der Waals surface area contributed by atoms with E-state index in [1.165, 1.54) is 0 Å². The SMILES string of the molecule is [2H]C([2H])([2H])c1ccc(-c2nc3ccccc3n2-c2c(C([2H])(C)C)cc(-c3ccccc3)cc2C([2H])(C)C)cc1-c1ccccc1. The molecule has 0 spiro atoms. The van der Waals surface area contributed by atoms with Gasteiger partial charge in [0.1, 0.15) is 5.82 Å². The van der Waals surface area contributed by atoms with E-state index in [4.69, 9.17) is 9.10 Å². The van der Waals surface area contributed by atoms with Gasteiger partial charge in [0.2, 0.25) is 0 Å². The highest BCUT2D eigenvalue weighted by Crippen LogP contribution is 2.40. The van der Waals surface area contributed by atoms with Crippen molar-refractivity contribution in [3.63, 3.8) is 0 Å². The van der Waals surface area contributed by atoms with Crippen molar-refractivity contribution in [1.82, 2.24) is 9.55 Å². The Morgan fingerprint density at radius 3 is 1.85 bits per heavy atom. The second kappa shape index (κ2) is 10.6. The Balaban J connectivity index is 1.73. The lowest BCUT2D eigenvalue weighted by molar-refractivity contribution is 0.811. The quantitative estimate of drug-likeness (QED) is 0.211. The van der Waals surface area contributed by atoms with Crippen LogP contribution in [0.25, 0.3) is 50.4 Å². The van der Waals surface area contributed by atoms with Crippen LogP contribution < -0.4 is 0 Å². The molecule has 0 aliphatic carbocycles. The molecule has 6 rings (SSSR count). The minimum absolute atomic E-state index is 0.272. The average Bonchev–Trinajstić information content (AvgIpc) is 3.39. The Labute approximate surface area is 245 Å². The van der Waals surface area contributed by atoms with Gasteiger partial charge >= 0.3 is 0 Å². The van der Waals surface area contributed by atoms with Crippen LogP contribution in [0.15, 0.2) is 115 Å². The third-order valence-electron chi connectivity index (χ3n) is 7.44. The summed E-state index contributed by atoms with van der Waals surface area (Å²) in [5, 5.41) is 0. The largest absolute Gasteiger partial charge is 0.292 e. The summed E-state index contributed by atoms with van der Waals surface area (Å²) >= 11 is 0. The van der Waals surface area contributed by atoms with Gasteiger partial charge in [0, 0.05) is 12.4 Å². The van der Waals surface area contributed by atoms with Gasteiger partial charge < -0.3 is 0 Å². The van der Waals surface area contributed by atoms with Gasteiger partial charge in [-0.25, -0.2) is 4.98 Å². The molecule has 2 nitrogen and oxygen atoms in total.